The van der Waals surface area contributed by atoms with Gasteiger partial charge >= 0.3 is 0 Å². The number of rotatable bonds is 8. The van der Waals surface area contributed by atoms with Crippen LogP contribution in [0.25, 0.3) is 10.2 Å². The molecule has 30 heavy (non-hydrogen) atoms. The minimum atomic E-state index is -3.30. The Morgan fingerprint density at radius 1 is 1.20 bits per heavy atom. The monoisotopic (exact) mass is 464 g/mol. The Morgan fingerprint density at radius 3 is 2.57 bits per heavy atom. The van der Waals surface area contributed by atoms with E-state index in [1.807, 2.05) is 42.0 Å². The first-order valence-electron chi connectivity index (χ1n) is 9.43. The largest absolute Gasteiger partial charge is 0.494 e. The molecular weight excluding hydrogens is 440 g/mol. The molecule has 0 fully saturated rings. The molecule has 0 N–H and O–H groups in total. The molecule has 160 valence electrons. The van der Waals surface area contributed by atoms with E-state index in [0.29, 0.717) is 18.0 Å². The second-order valence-electron chi connectivity index (χ2n) is 6.69. The van der Waals surface area contributed by atoms with Crippen molar-refractivity contribution in [2.45, 2.75) is 24.8 Å². The summed E-state index contributed by atoms with van der Waals surface area (Å²) >= 11 is 3.04. The van der Waals surface area contributed by atoms with Gasteiger partial charge in [-0.05, 0) is 49.1 Å². The highest BCUT2D eigenvalue weighted by molar-refractivity contribution is 7.98. The number of aryl methyl sites for hydroxylation is 1. The zero-order valence-electron chi connectivity index (χ0n) is 17.1. The predicted molar refractivity (Wildman–Crippen MR) is 123 cm³/mol. The van der Waals surface area contributed by atoms with Gasteiger partial charge in [0.1, 0.15) is 5.75 Å². The lowest BCUT2D eigenvalue weighted by molar-refractivity contribution is -0.117. The van der Waals surface area contributed by atoms with Crippen molar-refractivity contribution in [1.82, 2.24) is 4.57 Å². The third-order valence-corrected chi connectivity index (χ3v) is 7.15. The molecule has 1 amide bonds. The molecule has 0 aliphatic rings. The molecule has 0 spiro atoms. The zero-order valence-corrected chi connectivity index (χ0v) is 19.6. The van der Waals surface area contributed by atoms with Crippen LogP contribution in [-0.4, -0.2) is 43.8 Å². The van der Waals surface area contributed by atoms with Gasteiger partial charge in [-0.25, -0.2) is 8.42 Å². The maximum atomic E-state index is 12.6. The fourth-order valence-electron chi connectivity index (χ4n) is 2.96. The molecule has 0 radical (unpaired) electrons. The number of amides is 1. The molecule has 3 rings (SSSR count). The second kappa shape index (κ2) is 9.80. The summed E-state index contributed by atoms with van der Waals surface area (Å²) in [5, 5.41) is 0. The number of fused-ring (bicyclic) bond motifs is 1. The summed E-state index contributed by atoms with van der Waals surface area (Å²) in [7, 11) is -3.30. The molecule has 0 saturated carbocycles. The highest BCUT2D eigenvalue weighted by Crippen LogP contribution is 2.22. The standard InChI is InChI=1S/C21H24N2O4S3/c1-4-27-16-7-5-15(6-8-16)13-20(24)22-21-23(11-12-28-2)18-10-9-17(30(3,25)26)14-19(18)29-21/h5-10,14H,4,11-13H2,1-3H3. The topological polar surface area (TPSA) is 77.7 Å². The quantitative estimate of drug-likeness (QED) is 0.510. The number of hydrogen-bond donors (Lipinski definition) is 0. The van der Waals surface area contributed by atoms with Gasteiger partial charge in [0.05, 0.1) is 28.1 Å². The summed E-state index contributed by atoms with van der Waals surface area (Å²) < 4.78 is 32.0. The van der Waals surface area contributed by atoms with Crippen molar-refractivity contribution < 1.29 is 17.9 Å². The Hall–Kier alpha value is -2.10. The van der Waals surface area contributed by atoms with Crippen LogP contribution in [0, 0.1) is 0 Å². The van der Waals surface area contributed by atoms with E-state index >= 15 is 0 Å². The summed E-state index contributed by atoms with van der Waals surface area (Å²) in [6.45, 7) is 3.21. The van der Waals surface area contributed by atoms with Crippen LogP contribution in [0.2, 0.25) is 0 Å². The van der Waals surface area contributed by atoms with Crippen molar-refractivity contribution in [3.63, 3.8) is 0 Å². The highest BCUT2D eigenvalue weighted by Gasteiger charge is 2.13. The first-order chi connectivity index (χ1) is 14.3. The van der Waals surface area contributed by atoms with Gasteiger partial charge in [0, 0.05) is 18.6 Å². The van der Waals surface area contributed by atoms with Crippen LogP contribution >= 0.6 is 23.1 Å². The molecule has 0 atom stereocenters. The van der Waals surface area contributed by atoms with Crippen molar-refractivity contribution >= 4 is 49.1 Å². The molecule has 3 aromatic rings. The van der Waals surface area contributed by atoms with Gasteiger partial charge in [-0.15, -0.1) is 0 Å². The molecule has 0 aliphatic carbocycles. The third-order valence-electron chi connectivity index (χ3n) is 4.41. The number of carbonyl (C=O) groups is 1. The number of thioether (sulfide) groups is 1. The van der Waals surface area contributed by atoms with Crippen molar-refractivity contribution in [3.05, 3.63) is 52.8 Å². The van der Waals surface area contributed by atoms with E-state index in [1.165, 1.54) is 17.6 Å². The number of hydrogen-bond acceptors (Lipinski definition) is 6. The lowest BCUT2D eigenvalue weighted by Gasteiger charge is -2.05. The van der Waals surface area contributed by atoms with Crippen LogP contribution in [0.1, 0.15) is 12.5 Å². The molecular formula is C21H24N2O4S3. The second-order valence-corrected chi connectivity index (χ2v) is 10.7. The van der Waals surface area contributed by atoms with Gasteiger partial charge in [0.2, 0.25) is 0 Å². The smallest absolute Gasteiger partial charge is 0.252 e. The Balaban J connectivity index is 1.95. The minimum absolute atomic E-state index is 0.192. The number of aromatic nitrogens is 1. The van der Waals surface area contributed by atoms with Gasteiger partial charge in [0.25, 0.3) is 5.91 Å². The maximum absolute atomic E-state index is 12.6. The van der Waals surface area contributed by atoms with Crippen molar-refractivity contribution in [1.29, 1.82) is 0 Å². The van der Waals surface area contributed by atoms with Crippen LogP contribution in [0.4, 0.5) is 0 Å². The van der Waals surface area contributed by atoms with E-state index in [1.54, 1.807) is 30.0 Å². The molecule has 2 aromatic carbocycles. The Kier molecular flexibility index (Phi) is 7.38. The number of thiazole rings is 1. The van der Waals surface area contributed by atoms with Crippen LogP contribution in [-0.2, 0) is 27.6 Å². The SMILES string of the molecule is CCOc1ccc(CC(=O)N=c2sc3cc(S(C)(=O)=O)ccc3n2CCSC)cc1. The summed E-state index contributed by atoms with van der Waals surface area (Å²) in [6, 6.07) is 12.5. The van der Waals surface area contributed by atoms with Crippen molar-refractivity contribution in [3.8, 4) is 5.75 Å². The van der Waals surface area contributed by atoms with E-state index < -0.39 is 9.84 Å². The average Bonchev–Trinajstić information content (AvgIpc) is 3.03. The fraction of sp³-hybridized carbons (Fsp3) is 0.333. The molecule has 1 aromatic heterocycles. The number of nitrogens with zero attached hydrogens (tertiary/aromatic N) is 2. The van der Waals surface area contributed by atoms with Crippen LogP contribution in [0.3, 0.4) is 0 Å². The lowest BCUT2D eigenvalue weighted by atomic mass is 10.1. The number of sulfone groups is 1. The van der Waals surface area contributed by atoms with E-state index in [9.17, 15) is 13.2 Å². The first-order valence-corrected chi connectivity index (χ1v) is 13.5. The Bertz CT molecular complexity index is 1210. The zero-order chi connectivity index (χ0) is 21.7. The van der Waals surface area contributed by atoms with E-state index in [0.717, 1.165) is 27.3 Å². The van der Waals surface area contributed by atoms with Gasteiger partial charge in [-0.2, -0.15) is 16.8 Å². The van der Waals surface area contributed by atoms with Gasteiger partial charge in [-0.1, -0.05) is 23.5 Å². The fourth-order valence-corrected chi connectivity index (χ4v) is 5.16. The van der Waals surface area contributed by atoms with Gasteiger partial charge in [0.15, 0.2) is 14.6 Å². The molecule has 0 bridgehead atoms. The maximum Gasteiger partial charge on any atom is 0.252 e. The van der Waals surface area contributed by atoms with Gasteiger partial charge in [-0.3, -0.25) is 4.79 Å². The molecule has 0 aliphatic heterocycles. The Labute approximate surface area is 184 Å². The summed E-state index contributed by atoms with van der Waals surface area (Å²) in [6.07, 6.45) is 3.40. The number of ether oxygens (including phenoxy) is 1. The number of carbonyl (C=O) groups excluding carboxylic acids is 1. The lowest BCUT2D eigenvalue weighted by Crippen LogP contribution is -2.18. The first kappa shape index (κ1) is 22.6. The van der Waals surface area contributed by atoms with E-state index in [4.69, 9.17) is 4.74 Å². The molecule has 0 unspecified atom stereocenters. The number of benzene rings is 2. The summed E-state index contributed by atoms with van der Waals surface area (Å²) in [5.74, 6) is 1.39. The minimum Gasteiger partial charge on any atom is -0.494 e. The molecule has 9 heteroatoms. The Morgan fingerprint density at radius 2 is 1.93 bits per heavy atom. The van der Waals surface area contributed by atoms with Crippen LogP contribution in [0.15, 0.2) is 52.4 Å². The van der Waals surface area contributed by atoms with E-state index in [-0.39, 0.29) is 17.2 Å². The van der Waals surface area contributed by atoms with Crippen molar-refractivity contribution in [2.24, 2.45) is 4.99 Å². The van der Waals surface area contributed by atoms with Crippen molar-refractivity contribution in [2.75, 3.05) is 24.9 Å². The molecule has 0 saturated heterocycles. The van der Waals surface area contributed by atoms with Crippen LogP contribution < -0.4 is 9.54 Å². The summed E-state index contributed by atoms with van der Waals surface area (Å²) in [4.78, 5) is 17.8. The highest BCUT2D eigenvalue weighted by atomic mass is 32.2. The molecule has 6 nitrogen and oxygen atoms in total. The average molecular weight is 465 g/mol. The predicted octanol–water partition coefficient (Wildman–Crippen LogP) is 3.54. The third kappa shape index (κ3) is 5.53. The molecule has 1 heterocycles. The van der Waals surface area contributed by atoms with E-state index in [2.05, 4.69) is 4.99 Å². The normalized spacial score (nSPS) is 12.4. The van der Waals surface area contributed by atoms with Gasteiger partial charge < -0.3 is 9.30 Å². The summed E-state index contributed by atoms with van der Waals surface area (Å²) in [5.41, 5.74) is 1.75. The van der Waals surface area contributed by atoms with Crippen LogP contribution in [0.5, 0.6) is 5.75 Å².